The van der Waals surface area contributed by atoms with Gasteiger partial charge in [0.25, 0.3) is 5.56 Å². The number of amides is 1. The number of pyridine rings is 1. The molecule has 0 bridgehead atoms. The standard InChI is InChI=1S/C39H50BN3O6/c1-8-38(9-2)39(10-3,11-4)49-40(48-38)30-14-12-28(13-15-30)27-46-33-19-21-43(35(44)26-33)31-16-17-34-29(24-31)25-32-18-20-41(22-23-42(32)34)36(45)47-37(5,6)7/h12-17,19,21,24-26H,8-11,18,20,22-23,27H2,1-7H3. The zero-order valence-corrected chi connectivity index (χ0v) is 30.1. The Kier molecular flexibility index (Phi) is 9.75. The average molecular weight is 668 g/mol. The minimum Gasteiger partial charge on any atom is -0.489 e. The molecule has 0 spiro atoms. The molecular weight excluding hydrogens is 617 g/mol. The number of benzene rings is 2. The van der Waals surface area contributed by atoms with E-state index < -0.39 is 12.7 Å². The lowest BCUT2D eigenvalue weighted by molar-refractivity contribution is -0.0601. The van der Waals surface area contributed by atoms with Crippen LogP contribution in [-0.4, -0.2) is 57.1 Å². The molecule has 0 radical (unpaired) electrons. The third kappa shape index (κ3) is 6.77. The number of carbonyl (C=O) groups is 1. The second-order valence-corrected chi connectivity index (χ2v) is 14.3. The molecule has 2 aromatic heterocycles. The number of rotatable bonds is 9. The summed E-state index contributed by atoms with van der Waals surface area (Å²) in [7, 11) is -0.391. The Balaban J connectivity index is 1.10. The topological polar surface area (TPSA) is 84.2 Å². The molecule has 10 heteroatoms. The molecule has 2 aliphatic rings. The van der Waals surface area contributed by atoms with Crippen LogP contribution in [0, 0.1) is 0 Å². The van der Waals surface area contributed by atoms with Crippen molar-refractivity contribution in [3.8, 4) is 11.4 Å². The first-order valence-electron chi connectivity index (χ1n) is 17.8. The van der Waals surface area contributed by atoms with Crippen molar-refractivity contribution in [3.05, 3.63) is 88.5 Å². The van der Waals surface area contributed by atoms with Crippen molar-refractivity contribution < 1.29 is 23.6 Å². The zero-order valence-electron chi connectivity index (χ0n) is 30.1. The van der Waals surface area contributed by atoms with E-state index >= 15 is 0 Å². The molecule has 4 heterocycles. The van der Waals surface area contributed by atoms with Crippen LogP contribution in [0.15, 0.2) is 71.7 Å². The third-order valence-corrected chi connectivity index (χ3v) is 10.5. The van der Waals surface area contributed by atoms with Crippen LogP contribution in [0.3, 0.4) is 0 Å². The van der Waals surface area contributed by atoms with Gasteiger partial charge in [0.1, 0.15) is 18.0 Å². The number of nitrogens with zero attached hydrogens (tertiary/aromatic N) is 3. The lowest BCUT2D eigenvalue weighted by atomic mass is 9.75. The minimum absolute atomic E-state index is 0.165. The van der Waals surface area contributed by atoms with E-state index in [-0.39, 0.29) is 22.9 Å². The molecule has 4 aromatic rings. The first-order chi connectivity index (χ1) is 23.4. The van der Waals surface area contributed by atoms with Gasteiger partial charge in [0, 0.05) is 60.6 Å². The van der Waals surface area contributed by atoms with Gasteiger partial charge in [0.15, 0.2) is 0 Å². The van der Waals surface area contributed by atoms with Crippen LogP contribution in [0.25, 0.3) is 16.6 Å². The normalized spacial score (nSPS) is 17.2. The Morgan fingerprint density at radius 1 is 0.857 bits per heavy atom. The van der Waals surface area contributed by atoms with Gasteiger partial charge in [0.05, 0.1) is 11.2 Å². The summed E-state index contributed by atoms with van der Waals surface area (Å²) < 4.78 is 28.8. The van der Waals surface area contributed by atoms with E-state index in [1.165, 1.54) is 6.07 Å². The fourth-order valence-corrected chi connectivity index (χ4v) is 7.64. The van der Waals surface area contributed by atoms with Gasteiger partial charge >= 0.3 is 13.2 Å². The van der Waals surface area contributed by atoms with Gasteiger partial charge in [-0.1, -0.05) is 52.0 Å². The molecule has 1 amide bonds. The van der Waals surface area contributed by atoms with Gasteiger partial charge in [0.2, 0.25) is 0 Å². The number of aromatic nitrogens is 2. The van der Waals surface area contributed by atoms with E-state index in [1.807, 2.05) is 63.2 Å². The van der Waals surface area contributed by atoms with Gasteiger partial charge < -0.3 is 28.2 Å². The summed E-state index contributed by atoms with van der Waals surface area (Å²) in [6.07, 6.45) is 5.86. The van der Waals surface area contributed by atoms with Crippen molar-refractivity contribution in [2.24, 2.45) is 0 Å². The molecule has 2 aromatic carbocycles. The van der Waals surface area contributed by atoms with E-state index in [1.54, 1.807) is 15.7 Å². The number of hydrogen-bond donors (Lipinski definition) is 0. The minimum atomic E-state index is -0.522. The van der Waals surface area contributed by atoms with Crippen LogP contribution in [0.4, 0.5) is 4.79 Å². The molecule has 0 atom stereocenters. The summed E-state index contributed by atoms with van der Waals surface area (Å²) in [5.74, 6) is 0.519. The molecule has 260 valence electrons. The first-order valence-corrected chi connectivity index (χ1v) is 17.8. The first kappa shape index (κ1) is 34.8. The second-order valence-electron chi connectivity index (χ2n) is 14.3. The fraction of sp³-hybridized carbons (Fsp3) is 0.487. The zero-order chi connectivity index (χ0) is 35.0. The Morgan fingerprint density at radius 3 is 2.14 bits per heavy atom. The monoisotopic (exact) mass is 667 g/mol. The van der Waals surface area contributed by atoms with Crippen molar-refractivity contribution in [3.63, 3.8) is 0 Å². The molecule has 0 unspecified atom stereocenters. The maximum atomic E-state index is 13.2. The van der Waals surface area contributed by atoms with Crippen molar-refractivity contribution in [1.29, 1.82) is 0 Å². The van der Waals surface area contributed by atoms with Gasteiger partial charge in [-0.15, -0.1) is 0 Å². The summed E-state index contributed by atoms with van der Waals surface area (Å²) in [6, 6.07) is 19.7. The van der Waals surface area contributed by atoms with Crippen molar-refractivity contribution in [2.75, 3.05) is 13.1 Å². The van der Waals surface area contributed by atoms with E-state index in [4.69, 9.17) is 18.8 Å². The number of carbonyl (C=O) groups excluding carboxylic acids is 1. The molecule has 1 fully saturated rings. The Morgan fingerprint density at radius 2 is 1.53 bits per heavy atom. The van der Waals surface area contributed by atoms with Gasteiger partial charge in [-0.3, -0.25) is 9.36 Å². The summed E-state index contributed by atoms with van der Waals surface area (Å²) in [5, 5.41) is 1.06. The molecule has 0 saturated carbocycles. The lowest BCUT2D eigenvalue weighted by Crippen LogP contribution is -2.50. The molecule has 0 aliphatic carbocycles. The van der Waals surface area contributed by atoms with Crippen molar-refractivity contribution in [1.82, 2.24) is 14.0 Å². The highest BCUT2D eigenvalue weighted by molar-refractivity contribution is 6.62. The molecule has 1 saturated heterocycles. The van der Waals surface area contributed by atoms with E-state index in [0.29, 0.717) is 32.0 Å². The van der Waals surface area contributed by atoms with Crippen LogP contribution < -0.4 is 15.8 Å². The number of ether oxygens (including phenoxy) is 2. The third-order valence-electron chi connectivity index (χ3n) is 10.5. The van der Waals surface area contributed by atoms with Crippen molar-refractivity contribution >= 4 is 29.6 Å². The molecule has 0 N–H and O–H groups in total. The van der Waals surface area contributed by atoms with Gasteiger partial charge in [-0.2, -0.15) is 0 Å². The molecule has 9 nitrogen and oxygen atoms in total. The van der Waals surface area contributed by atoms with Gasteiger partial charge in [-0.05, 0) is 87.8 Å². The highest BCUT2D eigenvalue weighted by Crippen LogP contribution is 2.46. The van der Waals surface area contributed by atoms with E-state index in [9.17, 15) is 9.59 Å². The predicted molar refractivity (Wildman–Crippen MR) is 194 cm³/mol. The molecule has 2 aliphatic heterocycles. The average Bonchev–Trinajstić information content (AvgIpc) is 3.53. The summed E-state index contributed by atoms with van der Waals surface area (Å²) >= 11 is 0. The smallest absolute Gasteiger partial charge is 0.489 e. The molecular formula is C39H50BN3O6. The van der Waals surface area contributed by atoms with Crippen LogP contribution in [-0.2, 0) is 33.6 Å². The summed E-state index contributed by atoms with van der Waals surface area (Å²) in [5.41, 5.74) is 3.77. The predicted octanol–water partition coefficient (Wildman–Crippen LogP) is 7.02. The quantitative estimate of drug-likeness (QED) is 0.179. The highest BCUT2D eigenvalue weighted by Gasteiger charge is 2.58. The van der Waals surface area contributed by atoms with E-state index in [2.05, 4.69) is 44.4 Å². The summed E-state index contributed by atoms with van der Waals surface area (Å²) in [4.78, 5) is 27.7. The SMILES string of the molecule is CCC1(CC)OB(c2ccc(COc3ccn(-c4ccc5c(c4)cc4n5CCN(C(=O)OC(C)(C)C)CC4)c(=O)c3)cc2)OC1(CC)CC. The maximum Gasteiger partial charge on any atom is 0.494 e. The van der Waals surface area contributed by atoms with Crippen LogP contribution >= 0.6 is 0 Å². The van der Waals surface area contributed by atoms with Crippen LogP contribution in [0.5, 0.6) is 5.75 Å². The number of fused-ring (bicyclic) bond motifs is 3. The second kappa shape index (κ2) is 13.7. The van der Waals surface area contributed by atoms with E-state index in [0.717, 1.165) is 65.4 Å². The molecule has 49 heavy (non-hydrogen) atoms. The maximum absolute atomic E-state index is 13.2. The van der Waals surface area contributed by atoms with Crippen LogP contribution in [0.2, 0.25) is 0 Å². The lowest BCUT2D eigenvalue weighted by Gasteiger charge is -2.42. The van der Waals surface area contributed by atoms with Crippen molar-refractivity contribution in [2.45, 2.75) is 111 Å². The fourth-order valence-electron chi connectivity index (χ4n) is 7.64. The Bertz CT molecular complexity index is 1830. The van der Waals surface area contributed by atoms with Crippen LogP contribution in [0.1, 0.15) is 85.4 Å². The Labute approximate surface area is 290 Å². The summed E-state index contributed by atoms with van der Waals surface area (Å²) in [6.45, 7) is 16.6. The highest BCUT2D eigenvalue weighted by atomic mass is 16.7. The van der Waals surface area contributed by atoms with Gasteiger partial charge in [-0.25, -0.2) is 4.79 Å². The molecule has 6 rings (SSSR count). The Hall–Kier alpha value is -4.02. The number of hydrogen-bond acceptors (Lipinski definition) is 6. The largest absolute Gasteiger partial charge is 0.494 e.